The maximum atomic E-state index is 15.6. The van der Waals surface area contributed by atoms with Crippen molar-refractivity contribution in [3.63, 3.8) is 0 Å². The smallest absolute Gasteiger partial charge is 0.269 e. The average molecular weight is 559 g/mol. The van der Waals surface area contributed by atoms with Crippen molar-refractivity contribution >= 4 is 29.1 Å². The summed E-state index contributed by atoms with van der Waals surface area (Å²) in [7, 11) is 0. The van der Waals surface area contributed by atoms with Crippen LogP contribution in [0.3, 0.4) is 0 Å². The van der Waals surface area contributed by atoms with E-state index in [-0.39, 0.29) is 26.6 Å². The fourth-order valence-electron chi connectivity index (χ4n) is 5.26. The minimum absolute atomic E-state index is 0.0253. The van der Waals surface area contributed by atoms with Crippen LogP contribution < -0.4 is 16.3 Å². The lowest BCUT2D eigenvalue weighted by atomic mass is 9.62. The Kier molecular flexibility index (Phi) is 7.67. The number of benzene rings is 2. The number of nitrogens with zero attached hydrogens (tertiary/aromatic N) is 2. The number of carbonyl (C=O) groups excluding carboxylic acids is 1. The Bertz CT molecular complexity index is 1480. The number of carbonyl (C=O) groups is 1. The molecule has 1 aliphatic heterocycles. The van der Waals surface area contributed by atoms with Crippen LogP contribution >= 0.6 is 23.2 Å². The molecule has 6 nitrogen and oxygen atoms in total. The predicted octanol–water partition coefficient (Wildman–Crippen LogP) is 5.53. The molecule has 4 atom stereocenters. The van der Waals surface area contributed by atoms with E-state index in [1.54, 1.807) is 6.07 Å². The molecular formula is C28H26Cl2F2N4O2. The first-order valence-corrected chi connectivity index (χ1v) is 12.7. The maximum absolute atomic E-state index is 15.6. The van der Waals surface area contributed by atoms with Gasteiger partial charge in [-0.2, -0.15) is 5.26 Å². The molecule has 1 fully saturated rings. The molecule has 2 N–H and O–H groups in total. The van der Waals surface area contributed by atoms with Gasteiger partial charge in [0.15, 0.2) is 0 Å². The average Bonchev–Trinajstić information content (AvgIpc) is 3.15. The van der Waals surface area contributed by atoms with Crippen LogP contribution in [0.5, 0.6) is 0 Å². The number of hydrogen-bond acceptors (Lipinski definition) is 4. The van der Waals surface area contributed by atoms with Gasteiger partial charge in [0.1, 0.15) is 17.0 Å². The second-order valence-corrected chi connectivity index (χ2v) is 11.4. The minimum Gasteiger partial charge on any atom is -0.300 e. The Labute approximate surface area is 229 Å². The monoisotopic (exact) mass is 558 g/mol. The summed E-state index contributed by atoms with van der Waals surface area (Å²) in [5.41, 5.74) is -0.146. The molecule has 1 aromatic heterocycles. The summed E-state index contributed by atoms with van der Waals surface area (Å²) in [6, 6.07) is 12.8. The topological polar surface area (TPSA) is 86.9 Å². The van der Waals surface area contributed by atoms with Crippen LogP contribution in [0.25, 0.3) is 0 Å². The number of pyridine rings is 1. The lowest BCUT2D eigenvalue weighted by Crippen LogP contribution is -2.46. The van der Waals surface area contributed by atoms with Gasteiger partial charge in [0.25, 0.3) is 11.5 Å². The first-order valence-electron chi connectivity index (χ1n) is 11.9. The van der Waals surface area contributed by atoms with E-state index in [0.29, 0.717) is 6.42 Å². The predicted molar refractivity (Wildman–Crippen MR) is 143 cm³/mol. The van der Waals surface area contributed by atoms with Crippen molar-refractivity contribution in [1.82, 2.24) is 9.99 Å². The van der Waals surface area contributed by atoms with Crippen molar-refractivity contribution in [2.75, 3.05) is 5.43 Å². The highest BCUT2D eigenvalue weighted by Gasteiger charge is 2.61. The number of hydrogen-bond donors (Lipinski definition) is 2. The maximum Gasteiger partial charge on any atom is 0.269 e. The molecular weight excluding hydrogens is 533 g/mol. The van der Waals surface area contributed by atoms with Gasteiger partial charge in [-0.15, -0.1) is 0 Å². The van der Waals surface area contributed by atoms with E-state index in [4.69, 9.17) is 23.2 Å². The van der Waals surface area contributed by atoms with Crippen molar-refractivity contribution in [1.29, 1.82) is 5.26 Å². The van der Waals surface area contributed by atoms with Gasteiger partial charge in [-0.05, 0) is 41.7 Å². The molecule has 0 saturated carbocycles. The van der Waals surface area contributed by atoms with E-state index >= 15 is 8.78 Å². The number of nitriles is 1. The van der Waals surface area contributed by atoms with Crippen LogP contribution in [0.2, 0.25) is 10.0 Å². The van der Waals surface area contributed by atoms with E-state index in [1.165, 1.54) is 48.7 Å². The normalized spacial score (nSPS) is 23.2. The van der Waals surface area contributed by atoms with Gasteiger partial charge in [-0.3, -0.25) is 15.0 Å². The Morgan fingerprint density at radius 1 is 1.16 bits per heavy atom. The number of halogens is 4. The van der Waals surface area contributed by atoms with Crippen molar-refractivity contribution in [2.45, 2.75) is 50.6 Å². The highest BCUT2D eigenvalue weighted by atomic mass is 35.5. The first kappa shape index (κ1) is 27.8. The second-order valence-electron chi connectivity index (χ2n) is 10.6. The van der Waals surface area contributed by atoms with Gasteiger partial charge in [-0.1, -0.05) is 68.2 Å². The minimum atomic E-state index is -1.75. The van der Waals surface area contributed by atoms with E-state index in [2.05, 4.69) is 16.8 Å². The van der Waals surface area contributed by atoms with Gasteiger partial charge in [0.2, 0.25) is 0 Å². The second kappa shape index (κ2) is 10.5. The van der Waals surface area contributed by atoms with E-state index in [9.17, 15) is 14.9 Å². The van der Waals surface area contributed by atoms with E-state index < -0.39 is 46.5 Å². The lowest BCUT2D eigenvalue weighted by molar-refractivity contribution is -0.119. The Morgan fingerprint density at radius 3 is 2.53 bits per heavy atom. The van der Waals surface area contributed by atoms with Gasteiger partial charge in [-0.25, -0.2) is 13.5 Å². The molecule has 38 heavy (non-hydrogen) atoms. The fourth-order valence-corrected chi connectivity index (χ4v) is 5.61. The third-order valence-electron chi connectivity index (χ3n) is 6.78. The molecule has 1 saturated heterocycles. The number of nitrogens with one attached hydrogen (secondary N) is 2. The lowest BCUT2D eigenvalue weighted by Gasteiger charge is -2.37. The summed E-state index contributed by atoms with van der Waals surface area (Å²) in [4.78, 5) is 26.0. The molecule has 3 aromatic rings. The molecule has 198 valence electrons. The van der Waals surface area contributed by atoms with Crippen LogP contribution in [0.1, 0.15) is 44.2 Å². The zero-order valence-corrected chi connectivity index (χ0v) is 22.4. The molecule has 0 bridgehead atoms. The molecule has 10 heteroatoms. The summed E-state index contributed by atoms with van der Waals surface area (Å²) in [5.74, 6) is -3.50. The zero-order chi connectivity index (χ0) is 27.8. The number of aromatic nitrogens is 1. The van der Waals surface area contributed by atoms with Crippen molar-refractivity contribution in [3.05, 3.63) is 104 Å². The van der Waals surface area contributed by atoms with Crippen LogP contribution in [-0.2, 0) is 10.2 Å². The third-order valence-corrected chi connectivity index (χ3v) is 7.31. The highest BCUT2D eigenvalue weighted by molar-refractivity contribution is 6.31. The summed E-state index contributed by atoms with van der Waals surface area (Å²) >= 11 is 12.2. The van der Waals surface area contributed by atoms with Gasteiger partial charge in [0, 0.05) is 34.8 Å². The Balaban J connectivity index is 1.99. The molecule has 1 amide bonds. The van der Waals surface area contributed by atoms with Gasteiger partial charge in [0.05, 0.1) is 17.1 Å². The molecule has 0 spiro atoms. The molecule has 1 aliphatic rings. The van der Waals surface area contributed by atoms with Crippen molar-refractivity contribution < 1.29 is 13.6 Å². The van der Waals surface area contributed by atoms with Crippen molar-refractivity contribution in [3.8, 4) is 6.07 Å². The van der Waals surface area contributed by atoms with E-state index in [1.807, 2.05) is 20.8 Å². The quantitative estimate of drug-likeness (QED) is 0.431. The first-order chi connectivity index (χ1) is 17.9. The molecule has 0 radical (unpaired) electrons. The zero-order valence-electron chi connectivity index (χ0n) is 20.9. The Hall–Kier alpha value is -3.25. The number of rotatable bonds is 5. The molecule has 2 aromatic carbocycles. The van der Waals surface area contributed by atoms with Crippen LogP contribution in [0.4, 0.5) is 8.78 Å². The number of amides is 1. The van der Waals surface area contributed by atoms with E-state index in [0.717, 1.165) is 10.7 Å². The fraction of sp³-hybridized carbons (Fsp3) is 0.321. The third kappa shape index (κ3) is 5.06. The Morgan fingerprint density at radius 2 is 1.89 bits per heavy atom. The van der Waals surface area contributed by atoms with Gasteiger partial charge >= 0.3 is 0 Å². The molecule has 2 heterocycles. The summed E-state index contributed by atoms with van der Waals surface area (Å²) in [6.45, 7) is 5.84. The summed E-state index contributed by atoms with van der Waals surface area (Å²) in [5, 5.41) is 14.0. The summed E-state index contributed by atoms with van der Waals surface area (Å²) in [6.07, 6.45) is 1.70. The molecule has 4 rings (SSSR count). The highest BCUT2D eigenvalue weighted by Crippen LogP contribution is 2.52. The molecule has 0 aliphatic carbocycles. The van der Waals surface area contributed by atoms with Crippen LogP contribution in [0.15, 0.2) is 65.6 Å². The summed E-state index contributed by atoms with van der Waals surface area (Å²) < 4.78 is 32.2. The van der Waals surface area contributed by atoms with Crippen LogP contribution in [-0.4, -0.2) is 22.7 Å². The van der Waals surface area contributed by atoms with Gasteiger partial charge < -0.3 is 5.32 Å². The SMILES string of the molecule is CC(C)(C)C[C@H]1N[C@H](C(=O)Nn2ccccc2=O)[C@@H](c2cccc(Cl)c2F)[C@]1(C#N)c1ccc(Cl)cc1F. The molecule has 0 unspecified atom stereocenters. The largest absolute Gasteiger partial charge is 0.300 e. The van der Waals surface area contributed by atoms with Crippen molar-refractivity contribution in [2.24, 2.45) is 5.41 Å². The van der Waals surface area contributed by atoms with Crippen LogP contribution in [0, 0.1) is 28.4 Å². The standard InChI is InChI=1S/C28H26Cl2F2N4O2/c1-27(2,3)14-21-28(15-33,18-11-10-16(29)13-20(18)31)23(17-7-6-8-19(30)24(17)32)25(34-21)26(38)35-36-12-5-4-9-22(36)37/h4-13,21,23,25,34H,14H2,1-3H3,(H,35,38)/t21-,23-,25+,28-/m1/s1.